The highest BCUT2D eigenvalue weighted by Crippen LogP contribution is 2.29. The van der Waals surface area contributed by atoms with Crippen molar-refractivity contribution >= 4 is 0 Å². The number of hydrogen-bond donors (Lipinski definition) is 1. The lowest BCUT2D eigenvalue weighted by Gasteiger charge is -2.17. The van der Waals surface area contributed by atoms with E-state index in [0.29, 0.717) is 11.3 Å². The van der Waals surface area contributed by atoms with Crippen molar-refractivity contribution in [2.75, 3.05) is 7.05 Å². The minimum absolute atomic E-state index is 0.249. The first kappa shape index (κ1) is 12.8. The van der Waals surface area contributed by atoms with Gasteiger partial charge in [0.05, 0.1) is 12.3 Å². The van der Waals surface area contributed by atoms with Crippen molar-refractivity contribution in [3.63, 3.8) is 0 Å². The van der Waals surface area contributed by atoms with Gasteiger partial charge in [0.25, 0.3) is 0 Å². The third-order valence-corrected chi connectivity index (χ3v) is 3.07. The van der Waals surface area contributed by atoms with Gasteiger partial charge in [-0.3, -0.25) is 0 Å². The molecule has 0 aliphatic carbocycles. The molecule has 4 heteroatoms. The van der Waals surface area contributed by atoms with Gasteiger partial charge in [0.2, 0.25) is 0 Å². The molecule has 2 aromatic rings. The zero-order valence-electron chi connectivity index (χ0n) is 10.6. The summed E-state index contributed by atoms with van der Waals surface area (Å²) in [6.07, 6.45) is 1.54. The summed E-state index contributed by atoms with van der Waals surface area (Å²) >= 11 is 0. The molecule has 0 aliphatic rings. The van der Waals surface area contributed by atoms with Crippen molar-refractivity contribution in [2.24, 2.45) is 0 Å². The Morgan fingerprint density at radius 2 is 1.78 bits per heavy atom. The summed E-state index contributed by atoms with van der Waals surface area (Å²) in [6.45, 7) is 3.40. The average molecular weight is 251 g/mol. The summed E-state index contributed by atoms with van der Waals surface area (Å²) in [5, 5.41) is 2.95. The van der Waals surface area contributed by atoms with Gasteiger partial charge in [-0.1, -0.05) is 12.1 Å². The van der Waals surface area contributed by atoms with Gasteiger partial charge in [0.1, 0.15) is 5.76 Å². The summed E-state index contributed by atoms with van der Waals surface area (Å²) in [4.78, 5) is 0. The molecule has 1 aromatic carbocycles. The first-order valence-corrected chi connectivity index (χ1v) is 5.72. The number of rotatable bonds is 3. The van der Waals surface area contributed by atoms with Crippen molar-refractivity contribution in [3.05, 3.63) is 58.5 Å². The maximum Gasteiger partial charge on any atom is 0.164 e. The van der Waals surface area contributed by atoms with Gasteiger partial charge in [-0.25, -0.2) is 8.78 Å². The smallest absolute Gasteiger partial charge is 0.164 e. The molecule has 0 fully saturated rings. The van der Waals surface area contributed by atoms with Crippen LogP contribution < -0.4 is 5.32 Å². The zero-order chi connectivity index (χ0) is 13.3. The largest absolute Gasteiger partial charge is 0.467 e. The number of halogens is 2. The number of benzene rings is 1. The quantitative estimate of drug-likeness (QED) is 0.903. The van der Waals surface area contributed by atoms with E-state index in [0.717, 1.165) is 5.56 Å². The zero-order valence-corrected chi connectivity index (χ0v) is 10.6. The van der Waals surface area contributed by atoms with Crippen molar-refractivity contribution < 1.29 is 13.2 Å². The van der Waals surface area contributed by atoms with Crippen LogP contribution in [-0.2, 0) is 0 Å². The lowest BCUT2D eigenvalue weighted by atomic mass is 10.00. The molecule has 1 unspecified atom stereocenters. The first-order chi connectivity index (χ1) is 8.56. The molecule has 0 radical (unpaired) electrons. The van der Waals surface area contributed by atoms with Crippen molar-refractivity contribution in [1.82, 2.24) is 5.32 Å². The molecular weight excluding hydrogens is 236 g/mol. The summed E-state index contributed by atoms with van der Waals surface area (Å²) in [6, 6.07) is 4.45. The van der Waals surface area contributed by atoms with Crippen LogP contribution in [0.15, 0.2) is 28.9 Å². The molecule has 0 saturated carbocycles. The van der Waals surface area contributed by atoms with Crippen LogP contribution in [0.1, 0.15) is 28.5 Å². The fourth-order valence-electron chi connectivity index (χ4n) is 1.99. The van der Waals surface area contributed by atoms with E-state index in [9.17, 15) is 8.78 Å². The van der Waals surface area contributed by atoms with Gasteiger partial charge in [-0.05, 0) is 38.1 Å². The van der Waals surface area contributed by atoms with Crippen LogP contribution in [0.3, 0.4) is 0 Å². The number of aryl methyl sites for hydroxylation is 2. The summed E-state index contributed by atoms with van der Waals surface area (Å²) in [5.74, 6) is -1.04. The first-order valence-electron chi connectivity index (χ1n) is 5.72. The summed E-state index contributed by atoms with van der Waals surface area (Å²) in [5.41, 5.74) is 1.44. The van der Waals surface area contributed by atoms with Crippen LogP contribution in [0.4, 0.5) is 8.78 Å². The maximum atomic E-state index is 14.0. The molecule has 1 atom stereocenters. The molecule has 18 heavy (non-hydrogen) atoms. The van der Waals surface area contributed by atoms with Gasteiger partial charge in [0, 0.05) is 5.56 Å². The van der Waals surface area contributed by atoms with Crippen LogP contribution in [0.25, 0.3) is 0 Å². The monoisotopic (exact) mass is 251 g/mol. The van der Waals surface area contributed by atoms with Gasteiger partial charge in [-0.2, -0.15) is 0 Å². The van der Waals surface area contributed by atoms with Crippen molar-refractivity contribution in [2.45, 2.75) is 19.9 Å². The number of nitrogens with one attached hydrogen (secondary N) is 1. The Morgan fingerprint density at radius 3 is 2.33 bits per heavy atom. The van der Waals surface area contributed by atoms with E-state index >= 15 is 0 Å². The van der Waals surface area contributed by atoms with E-state index < -0.39 is 17.7 Å². The normalized spacial score (nSPS) is 12.7. The Kier molecular flexibility index (Phi) is 3.48. The lowest BCUT2D eigenvalue weighted by Crippen LogP contribution is -2.20. The van der Waals surface area contributed by atoms with Crippen LogP contribution in [0, 0.1) is 25.5 Å². The van der Waals surface area contributed by atoms with E-state index in [2.05, 4.69) is 5.32 Å². The number of hydrogen-bond acceptors (Lipinski definition) is 2. The minimum Gasteiger partial charge on any atom is -0.467 e. The molecule has 0 amide bonds. The fourth-order valence-corrected chi connectivity index (χ4v) is 1.99. The highest BCUT2D eigenvalue weighted by molar-refractivity contribution is 5.34. The van der Waals surface area contributed by atoms with E-state index in [4.69, 9.17) is 4.42 Å². The molecule has 0 spiro atoms. The highest BCUT2D eigenvalue weighted by atomic mass is 19.2. The Bertz CT molecular complexity index is 563. The van der Waals surface area contributed by atoms with Crippen molar-refractivity contribution in [1.29, 1.82) is 0 Å². The summed E-state index contributed by atoms with van der Waals surface area (Å²) < 4.78 is 32.9. The van der Waals surface area contributed by atoms with Gasteiger partial charge in [0.15, 0.2) is 11.6 Å². The molecule has 0 saturated heterocycles. The van der Waals surface area contributed by atoms with E-state index in [-0.39, 0.29) is 5.56 Å². The van der Waals surface area contributed by atoms with E-state index in [1.165, 1.54) is 13.2 Å². The standard InChI is InChI=1S/C14H15F2NO/c1-8-4-5-10(12(16)11(8)15)13(17-3)14-9(2)6-7-18-14/h4-7,13,17H,1-3H3. The topological polar surface area (TPSA) is 25.2 Å². The molecule has 2 rings (SSSR count). The van der Waals surface area contributed by atoms with Crippen LogP contribution in [0.2, 0.25) is 0 Å². The Labute approximate surface area is 105 Å². The fraction of sp³-hybridized carbons (Fsp3) is 0.286. The molecule has 1 aromatic heterocycles. The molecule has 96 valence electrons. The second kappa shape index (κ2) is 4.90. The van der Waals surface area contributed by atoms with E-state index in [1.807, 2.05) is 6.92 Å². The summed E-state index contributed by atoms with van der Waals surface area (Å²) in [7, 11) is 1.68. The second-order valence-corrected chi connectivity index (χ2v) is 4.29. The lowest BCUT2D eigenvalue weighted by molar-refractivity contribution is 0.436. The molecule has 0 aliphatic heterocycles. The third-order valence-electron chi connectivity index (χ3n) is 3.07. The van der Waals surface area contributed by atoms with Crippen LogP contribution >= 0.6 is 0 Å². The second-order valence-electron chi connectivity index (χ2n) is 4.29. The molecule has 1 heterocycles. The van der Waals surface area contributed by atoms with Crippen molar-refractivity contribution in [3.8, 4) is 0 Å². The van der Waals surface area contributed by atoms with Crippen LogP contribution in [0.5, 0.6) is 0 Å². The molecule has 2 nitrogen and oxygen atoms in total. The van der Waals surface area contributed by atoms with E-state index in [1.54, 1.807) is 25.2 Å². The van der Waals surface area contributed by atoms with Crippen LogP contribution in [-0.4, -0.2) is 7.05 Å². The average Bonchev–Trinajstić information content (AvgIpc) is 2.77. The SMILES string of the molecule is CNC(c1ccc(C)c(F)c1F)c1occc1C. The van der Waals surface area contributed by atoms with Gasteiger partial charge in [-0.15, -0.1) is 0 Å². The number of furan rings is 1. The molecular formula is C14H15F2NO. The Hall–Kier alpha value is -1.68. The Balaban J connectivity index is 2.53. The molecule has 0 bridgehead atoms. The highest BCUT2D eigenvalue weighted by Gasteiger charge is 2.23. The third kappa shape index (κ3) is 2.04. The predicted octanol–water partition coefficient (Wildman–Crippen LogP) is 3.48. The minimum atomic E-state index is -0.829. The molecule has 1 N–H and O–H groups in total. The van der Waals surface area contributed by atoms with Gasteiger partial charge >= 0.3 is 0 Å². The Morgan fingerprint density at radius 1 is 1.06 bits per heavy atom. The predicted molar refractivity (Wildman–Crippen MR) is 65.4 cm³/mol. The maximum absolute atomic E-state index is 14.0. The van der Waals surface area contributed by atoms with Gasteiger partial charge < -0.3 is 9.73 Å².